The van der Waals surface area contributed by atoms with Crippen LogP contribution >= 0.6 is 11.6 Å². The van der Waals surface area contributed by atoms with Crippen LogP contribution in [0.1, 0.15) is 33.6 Å². The molecule has 7 heteroatoms. The van der Waals surface area contributed by atoms with Crippen molar-refractivity contribution in [3.8, 4) is 0 Å². The van der Waals surface area contributed by atoms with E-state index in [2.05, 4.69) is 6.58 Å². The van der Waals surface area contributed by atoms with Crippen LogP contribution in [0.15, 0.2) is 87.3 Å². The topological polar surface area (TPSA) is 69.3 Å². The number of nitrogens with two attached hydrogens (primary N) is 1. The monoisotopic (exact) mass is 447 g/mol. The third-order valence-electron chi connectivity index (χ3n) is 4.55. The largest absolute Gasteiger partial charge is 0.501 e. The molecule has 0 aromatic carbocycles. The summed E-state index contributed by atoms with van der Waals surface area (Å²) in [5, 5.41) is 0.756. The molecule has 6 nitrogen and oxygen atoms in total. The molecule has 0 aromatic rings. The van der Waals surface area contributed by atoms with Crippen LogP contribution in [-0.2, 0) is 14.2 Å². The maximum Gasteiger partial charge on any atom is 0.201 e. The Morgan fingerprint density at radius 2 is 1.90 bits per heavy atom. The lowest BCUT2D eigenvalue weighted by atomic mass is 10.1. The first-order valence-corrected chi connectivity index (χ1v) is 10.4. The molecule has 0 saturated heterocycles. The van der Waals surface area contributed by atoms with Gasteiger partial charge in [0.1, 0.15) is 11.5 Å². The summed E-state index contributed by atoms with van der Waals surface area (Å²) in [5.74, 6) is 2.17. The van der Waals surface area contributed by atoms with E-state index in [1.807, 2.05) is 56.1 Å². The molecule has 0 aliphatic heterocycles. The average molecular weight is 448 g/mol. The second kappa shape index (κ2) is 13.4. The van der Waals surface area contributed by atoms with Gasteiger partial charge in [-0.15, -0.1) is 0 Å². The standard InChI is InChI=1S/C24H34ClN3O3/c1-8-22(19(4)31-7)23(13-17(2)29-5)27-24(26)28(15-18(3)30-6)16-20-11-9-10-12-21(25)14-20/h9-11,13-15H,4,8,12,16H2,1-3,5-7H3,(H2,26,27)/b17-13+,18-15+,23-22+. The van der Waals surface area contributed by atoms with Crippen molar-refractivity contribution in [1.82, 2.24) is 4.90 Å². The first kappa shape index (κ1) is 26.2. The van der Waals surface area contributed by atoms with Crippen LogP contribution in [0.4, 0.5) is 0 Å². The Morgan fingerprint density at radius 1 is 1.23 bits per heavy atom. The maximum atomic E-state index is 6.47. The van der Waals surface area contributed by atoms with Crippen LogP contribution < -0.4 is 5.73 Å². The Balaban J connectivity index is 3.51. The number of hydrogen-bond acceptors (Lipinski definition) is 4. The van der Waals surface area contributed by atoms with Crippen LogP contribution in [0.25, 0.3) is 0 Å². The van der Waals surface area contributed by atoms with Crippen molar-refractivity contribution in [2.24, 2.45) is 10.7 Å². The zero-order chi connectivity index (χ0) is 23.4. The van der Waals surface area contributed by atoms with Crippen LogP contribution in [0, 0.1) is 0 Å². The quantitative estimate of drug-likeness (QED) is 0.207. The first-order chi connectivity index (χ1) is 14.7. The fourth-order valence-electron chi connectivity index (χ4n) is 2.71. The molecule has 0 unspecified atom stereocenters. The van der Waals surface area contributed by atoms with Crippen molar-refractivity contribution in [3.63, 3.8) is 0 Å². The molecule has 0 spiro atoms. The fourth-order valence-corrected chi connectivity index (χ4v) is 2.94. The number of aliphatic imine (C=N–C) groups is 1. The molecule has 0 atom stereocenters. The first-order valence-electron chi connectivity index (χ1n) is 9.99. The lowest BCUT2D eigenvalue weighted by Crippen LogP contribution is -2.35. The third-order valence-corrected chi connectivity index (χ3v) is 4.81. The lowest BCUT2D eigenvalue weighted by molar-refractivity contribution is 0.285. The highest BCUT2D eigenvalue weighted by Gasteiger charge is 2.13. The van der Waals surface area contributed by atoms with E-state index in [9.17, 15) is 0 Å². The number of guanidine groups is 1. The highest BCUT2D eigenvalue weighted by molar-refractivity contribution is 6.29. The molecule has 170 valence electrons. The van der Waals surface area contributed by atoms with Gasteiger partial charge in [0.25, 0.3) is 0 Å². The van der Waals surface area contributed by atoms with Crippen molar-refractivity contribution >= 4 is 17.6 Å². The molecule has 1 aliphatic carbocycles. The van der Waals surface area contributed by atoms with E-state index in [-0.39, 0.29) is 5.96 Å². The van der Waals surface area contributed by atoms with Crippen molar-refractivity contribution in [2.45, 2.75) is 33.6 Å². The zero-order valence-electron chi connectivity index (χ0n) is 19.4. The summed E-state index contributed by atoms with van der Waals surface area (Å²) in [5.41, 5.74) is 8.90. The SMILES string of the molecule is C=C(OC)/C(CC)=C(\C=C(/C)OC)N=C(N)N(/C=C(\C)OC)CC1=CC=CCC(Cl)=C1. The van der Waals surface area contributed by atoms with Gasteiger partial charge in [-0.1, -0.05) is 43.3 Å². The molecular weight excluding hydrogens is 414 g/mol. The molecule has 0 saturated carbocycles. The predicted molar refractivity (Wildman–Crippen MR) is 129 cm³/mol. The Bertz CT molecular complexity index is 861. The van der Waals surface area contributed by atoms with Crippen molar-refractivity contribution in [3.05, 3.63) is 82.3 Å². The highest BCUT2D eigenvalue weighted by atomic mass is 35.5. The van der Waals surface area contributed by atoms with E-state index in [4.69, 9.17) is 36.5 Å². The number of ether oxygens (including phenoxy) is 3. The van der Waals surface area contributed by atoms with Gasteiger partial charge >= 0.3 is 0 Å². The van der Waals surface area contributed by atoms with E-state index < -0.39 is 0 Å². The van der Waals surface area contributed by atoms with Gasteiger partial charge in [0.2, 0.25) is 5.96 Å². The summed E-state index contributed by atoms with van der Waals surface area (Å²) in [6.07, 6.45) is 12.9. The molecule has 31 heavy (non-hydrogen) atoms. The fraction of sp³-hybridized carbons (Fsp3) is 0.375. The molecule has 0 radical (unpaired) electrons. The van der Waals surface area contributed by atoms with Crippen LogP contribution in [0.3, 0.4) is 0 Å². The van der Waals surface area contributed by atoms with E-state index in [1.165, 1.54) is 0 Å². The Labute approximate surface area is 191 Å². The summed E-state index contributed by atoms with van der Waals surface area (Å²) in [6.45, 7) is 10.1. The van der Waals surface area contributed by atoms with Gasteiger partial charge in [0.05, 0.1) is 39.3 Å². The predicted octanol–water partition coefficient (Wildman–Crippen LogP) is 5.49. The van der Waals surface area contributed by atoms with Crippen LogP contribution in [-0.4, -0.2) is 38.7 Å². The Kier molecular flexibility index (Phi) is 11.4. The van der Waals surface area contributed by atoms with Gasteiger partial charge in [0.15, 0.2) is 0 Å². The molecule has 0 bridgehead atoms. The van der Waals surface area contributed by atoms with Crippen LogP contribution in [0.5, 0.6) is 0 Å². The molecule has 1 aliphatic rings. The van der Waals surface area contributed by atoms with E-state index in [0.29, 0.717) is 42.4 Å². The number of methoxy groups -OCH3 is 3. The van der Waals surface area contributed by atoms with Gasteiger partial charge < -0.3 is 24.8 Å². The zero-order valence-corrected chi connectivity index (χ0v) is 20.1. The van der Waals surface area contributed by atoms with Gasteiger partial charge in [-0.3, -0.25) is 0 Å². The maximum absolute atomic E-state index is 6.47. The molecule has 2 N–H and O–H groups in total. The van der Waals surface area contributed by atoms with E-state index >= 15 is 0 Å². The summed E-state index contributed by atoms with van der Waals surface area (Å²) in [6, 6.07) is 0. The highest BCUT2D eigenvalue weighted by Crippen LogP contribution is 2.22. The second-order valence-corrected chi connectivity index (χ2v) is 7.30. The Morgan fingerprint density at radius 3 is 2.48 bits per heavy atom. The van der Waals surface area contributed by atoms with Crippen molar-refractivity contribution < 1.29 is 14.2 Å². The summed E-state index contributed by atoms with van der Waals surface area (Å²) in [4.78, 5) is 6.51. The number of allylic oxidation sites excluding steroid dienone is 8. The number of hydrogen-bond donors (Lipinski definition) is 1. The van der Waals surface area contributed by atoms with Crippen molar-refractivity contribution in [1.29, 1.82) is 0 Å². The van der Waals surface area contributed by atoms with Crippen molar-refractivity contribution in [2.75, 3.05) is 27.9 Å². The lowest BCUT2D eigenvalue weighted by Gasteiger charge is -2.22. The molecule has 0 heterocycles. The second-order valence-electron chi connectivity index (χ2n) is 6.81. The minimum Gasteiger partial charge on any atom is -0.501 e. The third kappa shape index (κ3) is 8.80. The molecule has 0 amide bonds. The normalized spacial score (nSPS) is 16.0. The number of halogens is 1. The number of rotatable bonds is 10. The van der Waals surface area contributed by atoms with Gasteiger partial charge in [-0.25, -0.2) is 4.99 Å². The Hall–Kier alpha value is -2.86. The molecule has 1 rings (SSSR count). The summed E-state index contributed by atoms with van der Waals surface area (Å²) in [7, 11) is 4.79. The van der Waals surface area contributed by atoms with E-state index in [1.54, 1.807) is 27.5 Å². The minimum atomic E-state index is 0.278. The summed E-state index contributed by atoms with van der Waals surface area (Å²) >= 11 is 6.28. The summed E-state index contributed by atoms with van der Waals surface area (Å²) < 4.78 is 16.0. The van der Waals surface area contributed by atoms with Gasteiger partial charge in [-0.2, -0.15) is 0 Å². The van der Waals surface area contributed by atoms with Crippen LogP contribution in [0.2, 0.25) is 0 Å². The smallest absolute Gasteiger partial charge is 0.201 e. The molecule has 0 fully saturated rings. The van der Waals surface area contributed by atoms with Gasteiger partial charge in [-0.05, 0) is 31.9 Å². The number of nitrogens with zero attached hydrogens (tertiary/aromatic N) is 2. The van der Waals surface area contributed by atoms with E-state index in [0.717, 1.165) is 16.2 Å². The average Bonchev–Trinajstić information content (AvgIpc) is 2.96. The minimum absolute atomic E-state index is 0.278. The molecule has 0 aromatic heterocycles. The van der Waals surface area contributed by atoms with Gasteiger partial charge in [0, 0.05) is 29.3 Å². The molecular formula is C24H34ClN3O3.